The van der Waals surface area contributed by atoms with Crippen LogP contribution in [0.1, 0.15) is 76.1 Å². The van der Waals surface area contributed by atoms with E-state index in [0.29, 0.717) is 19.3 Å². The molecule has 19 heteroatoms. The zero-order chi connectivity index (χ0) is 38.7. The molecule has 282 valence electrons. The SMILES string of the molecule is C[C@@H](C(=O)O)N(C)C(=O)c1ccc(NC(=O)C(CCCNC(N)=O)NC(=O)CNC(=O)CCCCCN2C(=O)CC(C)(C)C2=O)c(S(C)(=O)=O)c1. The number of primary amides is 1. The van der Waals surface area contributed by atoms with Gasteiger partial charge in [-0.15, -0.1) is 0 Å². The summed E-state index contributed by atoms with van der Waals surface area (Å²) in [5.41, 5.74) is 4.00. The van der Waals surface area contributed by atoms with Crippen LogP contribution in [0.2, 0.25) is 0 Å². The number of amides is 8. The fraction of sp³-hybridized carbons (Fsp3) is 0.562. The Hall–Kier alpha value is -5.07. The molecule has 8 amide bonds. The molecule has 1 heterocycles. The standard InChI is InChI=1S/C32H47N7O11S/c1-19(29(45)46)38(4)28(44)20-12-13-21(23(16-20)51(5,49)50)37-27(43)22(10-9-14-34-31(33)48)36-25(41)18-35-24(40)11-7-6-8-15-39-26(42)17-32(2,3)30(39)47/h12-13,16,19,22H,6-11,14-15,17-18H2,1-5H3,(H,35,40)(H,36,41)(H,37,43)(H,45,46)(H3,33,34,48)/t19-,22?/m0/s1. The van der Waals surface area contributed by atoms with Crippen LogP contribution in [0.5, 0.6) is 0 Å². The fourth-order valence-corrected chi connectivity index (χ4v) is 5.98. The number of anilines is 1. The summed E-state index contributed by atoms with van der Waals surface area (Å²) in [6, 6.07) is 0.0991. The minimum Gasteiger partial charge on any atom is -0.480 e. The Morgan fingerprint density at radius 3 is 2.25 bits per heavy atom. The highest BCUT2D eigenvalue weighted by Gasteiger charge is 2.44. The van der Waals surface area contributed by atoms with Gasteiger partial charge in [0.1, 0.15) is 12.1 Å². The molecule has 1 aromatic rings. The van der Waals surface area contributed by atoms with Crippen molar-refractivity contribution in [2.75, 3.05) is 38.3 Å². The maximum absolute atomic E-state index is 13.4. The van der Waals surface area contributed by atoms with Gasteiger partial charge in [0.05, 0.1) is 22.5 Å². The van der Waals surface area contributed by atoms with E-state index in [4.69, 9.17) is 5.73 Å². The molecule has 1 unspecified atom stereocenters. The molecule has 1 aliphatic rings. The Bertz CT molecular complexity index is 1650. The lowest BCUT2D eigenvalue weighted by Gasteiger charge is -2.22. The molecule has 0 saturated carbocycles. The molecule has 0 aliphatic carbocycles. The Kier molecular flexibility index (Phi) is 15.1. The third-order valence-corrected chi connectivity index (χ3v) is 9.35. The number of likely N-dealkylation sites (tertiary alicyclic amines) is 1. The van der Waals surface area contributed by atoms with Crippen molar-refractivity contribution in [2.24, 2.45) is 11.1 Å². The maximum Gasteiger partial charge on any atom is 0.326 e. The minimum atomic E-state index is -4.05. The van der Waals surface area contributed by atoms with Gasteiger partial charge in [0.25, 0.3) is 5.91 Å². The second-order valence-electron chi connectivity index (χ2n) is 13.0. The van der Waals surface area contributed by atoms with Crippen molar-refractivity contribution >= 4 is 63.0 Å². The molecular formula is C32H47N7O11S. The first-order valence-corrected chi connectivity index (χ1v) is 18.1. The van der Waals surface area contributed by atoms with Gasteiger partial charge in [-0.2, -0.15) is 0 Å². The number of hydrogen-bond acceptors (Lipinski definition) is 10. The van der Waals surface area contributed by atoms with Crippen molar-refractivity contribution in [3.8, 4) is 0 Å². The number of likely N-dealkylation sites (N-methyl/N-ethyl adjacent to an activating group) is 1. The first-order chi connectivity index (χ1) is 23.6. The largest absolute Gasteiger partial charge is 0.480 e. The van der Waals surface area contributed by atoms with E-state index < -0.39 is 74.4 Å². The smallest absolute Gasteiger partial charge is 0.326 e. The van der Waals surface area contributed by atoms with Gasteiger partial charge in [-0.1, -0.05) is 20.3 Å². The number of nitrogens with one attached hydrogen (secondary N) is 4. The number of rotatable bonds is 19. The lowest BCUT2D eigenvalue weighted by Crippen LogP contribution is -2.47. The molecule has 0 bridgehead atoms. The second-order valence-corrected chi connectivity index (χ2v) is 14.9. The summed E-state index contributed by atoms with van der Waals surface area (Å²) in [7, 11) is -2.81. The number of benzene rings is 1. The van der Waals surface area contributed by atoms with Crippen LogP contribution < -0.4 is 27.0 Å². The molecule has 2 atom stereocenters. The number of aliphatic carboxylic acids is 1. The van der Waals surface area contributed by atoms with Crippen molar-refractivity contribution in [1.82, 2.24) is 25.8 Å². The highest BCUT2D eigenvalue weighted by molar-refractivity contribution is 7.90. The summed E-state index contributed by atoms with van der Waals surface area (Å²) in [6.45, 7) is 4.55. The van der Waals surface area contributed by atoms with Gasteiger partial charge >= 0.3 is 12.0 Å². The van der Waals surface area contributed by atoms with Crippen LogP contribution in [-0.2, 0) is 38.6 Å². The van der Waals surface area contributed by atoms with Crippen LogP contribution in [0.25, 0.3) is 0 Å². The number of sulfone groups is 1. The number of hydrogen-bond donors (Lipinski definition) is 6. The second kappa shape index (κ2) is 18.2. The van der Waals surface area contributed by atoms with E-state index in [9.17, 15) is 51.9 Å². The molecule has 1 aliphatic heterocycles. The molecule has 2 rings (SSSR count). The molecule has 51 heavy (non-hydrogen) atoms. The molecule has 0 spiro atoms. The van der Waals surface area contributed by atoms with Gasteiger partial charge in [-0.3, -0.25) is 33.7 Å². The predicted octanol–water partition coefficient (Wildman–Crippen LogP) is -0.0313. The van der Waals surface area contributed by atoms with Gasteiger partial charge in [-0.05, 0) is 50.8 Å². The number of carbonyl (C=O) groups excluding carboxylic acids is 7. The average molecular weight is 738 g/mol. The molecule has 1 saturated heterocycles. The zero-order valence-electron chi connectivity index (χ0n) is 29.4. The summed E-state index contributed by atoms with van der Waals surface area (Å²) < 4.78 is 25.3. The van der Waals surface area contributed by atoms with Crippen molar-refractivity contribution in [2.45, 2.75) is 82.7 Å². The van der Waals surface area contributed by atoms with E-state index in [0.717, 1.165) is 23.3 Å². The van der Waals surface area contributed by atoms with Crippen LogP contribution in [0.4, 0.5) is 10.5 Å². The Labute approximate surface area is 296 Å². The van der Waals surface area contributed by atoms with Crippen LogP contribution in [0.15, 0.2) is 23.1 Å². The number of carboxylic acid groups (broad SMARTS) is 1. The van der Waals surface area contributed by atoms with Gasteiger partial charge in [-0.25, -0.2) is 18.0 Å². The summed E-state index contributed by atoms with van der Waals surface area (Å²) in [5.74, 6) is -4.51. The third kappa shape index (κ3) is 12.6. The summed E-state index contributed by atoms with van der Waals surface area (Å²) in [6.07, 6.45) is 2.73. The normalized spacial score (nSPS) is 15.0. The average Bonchev–Trinajstić information content (AvgIpc) is 3.24. The van der Waals surface area contributed by atoms with E-state index in [-0.39, 0.29) is 61.8 Å². The quantitative estimate of drug-likeness (QED) is 0.0810. The zero-order valence-corrected chi connectivity index (χ0v) is 30.2. The monoisotopic (exact) mass is 737 g/mol. The number of carbonyl (C=O) groups is 8. The predicted molar refractivity (Wildman–Crippen MR) is 183 cm³/mol. The first-order valence-electron chi connectivity index (χ1n) is 16.2. The molecular weight excluding hydrogens is 690 g/mol. The van der Waals surface area contributed by atoms with E-state index in [2.05, 4.69) is 21.3 Å². The van der Waals surface area contributed by atoms with Gasteiger partial charge in [0, 0.05) is 44.8 Å². The number of urea groups is 1. The lowest BCUT2D eigenvalue weighted by atomic mass is 9.92. The number of nitrogens with zero attached hydrogens (tertiary/aromatic N) is 2. The third-order valence-electron chi connectivity index (χ3n) is 8.22. The van der Waals surface area contributed by atoms with Gasteiger partial charge in [0.15, 0.2) is 9.84 Å². The van der Waals surface area contributed by atoms with Crippen molar-refractivity contribution in [1.29, 1.82) is 0 Å². The molecule has 18 nitrogen and oxygen atoms in total. The van der Waals surface area contributed by atoms with Crippen molar-refractivity contribution < 1.29 is 51.9 Å². The van der Waals surface area contributed by atoms with Crippen LogP contribution in [0, 0.1) is 5.41 Å². The summed E-state index contributed by atoms with van der Waals surface area (Å²) >= 11 is 0. The number of carboxylic acids is 1. The summed E-state index contributed by atoms with van der Waals surface area (Å²) in [5, 5.41) is 19.0. The summed E-state index contributed by atoms with van der Waals surface area (Å²) in [4.78, 5) is 99.8. The Balaban J connectivity index is 2.03. The van der Waals surface area contributed by atoms with Crippen molar-refractivity contribution in [3.63, 3.8) is 0 Å². The minimum absolute atomic E-state index is 0.0341. The molecule has 1 aromatic carbocycles. The first kappa shape index (κ1) is 42.1. The molecule has 7 N–H and O–H groups in total. The van der Waals surface area contributed by atoms with Gasteiger partial charge < -0.3 is 37.0 Å². The molecule has 1 fully saturated rings. The van der Waals surface area contributed by atoms with E-state index >= 15 is 0 Å². The molecule has 0 radical (unpaired) electrons. The maximum atomic E-state index is 13.4. The Morgan fingerprint density at radius 1 is 1.02 bits per heavy atom. The number of nitrogens with two attached hydrogens (primary N) is 1. The highest BCUT2D eigenvalue weighted by atomic mass is 32.2. The number of imide groups is 1. The Morgan fingerprint density at radius 2 is 1.69 bits per heavy atom. The van der Waals surface area contributed by atoms with E-state index in [1.54, 1.807) is 13.8 Å². The topological polar surface area (TPSA) is 272 Å². The van der Waals surface area contributed by atoms with E-state index in [1.165, 1.54) is 24.9 Å². The molecule has 0 aromatic heterocycles. The highest BCUT2D eigenvalue weighted by Crippen LogP contribution is 2.31. The van der Waals surface area contributed by atoms with Crippen LogP contribution >= 0.6 is 0 Å². The van der Waals surface area contributed by atoms with Crippen LogP contribution in [-0.4, -0.2) is 116 Å². The lowest BCUT2D eigenvalue weighted by molar-refractivity contribution is -0.142. The van der Waals surface area contributed by atoms with E-state index in [1.807, 2.05) is 0 Å². The van der Waals surface area contributed by atoms with Crippen LogP contribution in [0.3, 0.4) is 0 Å². The fourth-order valence-electron chi connectivity index (χ4n) is 5.12. The number of unbranched alkanes of at least 4 members (excludes halogenated alkanes) is 2. The van der Waals surface area contributed by atoms with Crippen molar-refractivity contribution in [3.05, 3.63) is 23.8 Å². The van der Waals surface area contributed by atoms with Gasteiger partial charge in [0.2, 0.25) is 29.5 Å².